The van der Waals surface area contributed by atoms with Crippen LogP contribution in [0, 0.1) is 17.8 Å². The number of carbonyl (C=O) groups is 1. The first-order valence-corrected chi connectivity index (χ1v) is 16.7. The Bertz CT molecular complexity index is 1250. The van der Waals surface area contributed by atoms with E-state index < -0.39 is 42.1 Å². The molecule has 0 saturated carbocycles. The molecule has 260 valence electrons. The second-order valence-electron chi connectivity index (χ2n) is 12.7. The fourth-order valence-corrected chi connectivity index (χ4v) is 7.01. The molecule has 2 aromatic carbocycles. The molecule has 10 atom stereocenters. The van der Waals surface area contributed by atoms with Gasteiger partial charge < -0.3 is 37.9 Å². The van der Waals surface area contributed by atoms with E-state index in [1.807, 2.05) is 54.6 Å². The van der Waals surface area contributed by atoms with Gasteiger partial charge in [0.1, 0.15) is 30.0 Å². The lowest BCUT2D eigenvalue weighted by Gasteiger charge is -2.54. The van der Waals surface area contributed by atoms with Crippen LogP contribution in [0.25, 0.3) is 0 Å². The molecule has 1 saturated heterocycles. The number of methoxy groups -OCH3 is 5. The molecule has 4 rings (SSSR count). The van der Waals surface area contributed by atoms with Crippen molar-refractivity contribution >= 4 is 5.97 Å². The van der Waals surface area contributed by atoms with Crippen LogP contribution in [0.1, 0.15) is 63.7 Å². The van der Waals surface area contributed by atoms with Crippen LogP contribution < -0.4 is 4.74 Å². The van der Waals surface area contributed by atoms with Gasteiger partial charge in [0, 0.05) is 40.3 Å². The first-order chi connectivity index (χ1) is 22.7. The Labute approximate surface area is 280 Å². The summed E-state index contributed by atoms with van der Waals surface area (Å²) in [5.41, 5.74) is 1.92. The van der Waals surface area contributed by atoms with Crippen LogP contribution in [0.2, 0.25) is 0 Å². The SMILES string of the molecule is COc1ccc(CO[C@H]2[C@@H](C)[C@H]3O[C@](OC)([C@H](C)C(=O)O[C@H](c4ccccc4)CCCCC(OC)[C@H](OC)/C=C/[C@@H]3C)[C@@H]2OC)cc1. The summed E-state index contributed by atoms with van der Waals surface area (Å²) in [5.74, 6) is -2.24. The number of esters is 1. The molecule has 1 fully saturated rings. The zero-order valence-electron chi connectivity index (χ0n) is 29.3. The lowest BCUT2D eigenvalue weighted by Crippen LogP contribution is -2.68. The number of benzene rings is 2. The topological polar surface area (TPSA) is 90.9 Å². The minimum absolute atomic E-state index is 0.104. The Morgan fingerprint density at radius 1 is 0.830 bits per heavy atom. The predicted molar refractivity (Wildman–Crippen MR) is 179 cm³/mol. The molecule has 9 nitrogen and oxygen atoms in total. The standard InChI is InChI=1S/C38H54O9/c1-25-18-23-33(42-6)32(41-5)17-13-12-16-31(29-14-10-9-11-15-29)46-37(39)27(3)38(44-8)36(43-7)35(26(2)34(25)47-38)45-24-28-19-21-30(40-4)22-20-28/h9-11,14-15,18-23,25-27,31-36H,12-13,16-17,24H2,1-8H3/b23-18+/t25-,26-,27+,31-,32?,33+,34-,35-,36+,38+/m0/s1. The number of hydrogen-bond donors (Lipinski definition) is 0. The van der Waals surface area contributed by atoms with E-state index in [9.17, 15) is 4.79 Å². The second kappa shape index (κ2) is 17.6. The highest BCUT2D eigenvalue weighted by Crippen LogP contribution is 2.45. The molecule has 2 aliphatic rings. The Morgan fingerprint density at radius 2 is 1.53 bits per heavy atom. The Morgan fingerprint density at radius 3 is 2.15 bits per heavy atom. The summed E-state index contributed by atoms with van der Waals surface area (Å²) in [6.07, 6.45) is 4.93. The highest BCUT2D eigenvalue weighted by molar-refractivity contribution is 5.74. The van der Waals surface area contributed by atoms with Gasteiger partial charge >= 0.3 is 5.97 Å². The summed E-state index contributed by atoms with van der Waals surface area (Å²) in [7, 11) is 8.23. The fraction of sp³-hybridized carbons (Fsp3) is 0.605. The Balaban J connectivity index is 1.75. The van der Waals surface area contributed by atoms with E-state index in [0.717, 1.165) is 36.1 Å². The van der Waals surface area contributed by atoms with Crippen molar-refractivity contribution < 1.29 is 42.7 Å². The van der Waals surface area contributed by atoms with E-state index in [0.29, 0.717) is 13.0 Å². The summed E-state index contributed by atoms with van der Waals surface area (Å²) >= 11 is 0. The lowest BCUT2D eigenvalue weighted by atomic mass is 9.77. The van der Waals surface area contributed by atoms with Crippen molar-refractivity contribution in [2.75, 3.05) is 35.5 Å². The van der Waals surface area contributed by atoms with Gasteiger partial charge in [-0.3, -0.25) is 4.79 Å². The molecule has 0 aromatic heterocycles. The van der Waals surface area contributed by atoms with Crippen molar-refractivity contribution in [2.45, 2.75) is 95.5 Å². The molecular weight excluding hydrogens is 600 g/mol. The average Bonchev–Trinajstić information content (AvgIpc) is 3.10. The van der Waals surface area contributed by atoms with E-state index >= 15 is 0 Å². The van der Waals surface area contributed by atoms with Gasteiger partial charge in [-0.2, -0.15) is 0 Å². The van der Waals surface area contributed by atoms with Crippen LogP contribution >= 0.6 is 0 Å². The van der Waals surface area contributed by atoms with E-state index in [-0.39, 0.29) is 24.0 Å². The van der Waals surface area contributed by atoms with Crippen molar-refractivity contribution in [3.63, 3.8) is 0 Å². The van der Waals surface area contributed by atoms with Crippen molar-refractivity contribution in [1.82, 2.24) is 0 Å². The van der Waals surface area contributed by atoms with Crippen molar-refractivity contribution in [2.24, 2.45) is 17.8 Å². The molecule has 0 radical (unpaired) electrons. The van der Waals surface area contributed by atoms with Crippen molar-refractivity contribution in [1.29, 1.82) is 0 Å². The van der Waals surface area contributed by atoms with E-state index in [4.69, 9.17) is 37.9 Å². The minimum atomic E-state index is -1.50. The third-order valence-corrected chi connectivity index (χ3v) is 9.88. The van der Waals surface area contributed by atoms with Gasteiger partial charge in [-0.1, -0.05) is 74.9 Å². The summed E-state index contributed by atoms with van der Waals surface area (Å²) in [6.45, 7) is 6.31. The second-order valence-corrected chi connectivity index (χ2v) is 12.7. The van der Waals surface area contributed by atoms with Crippen molar-refractivity contribution in [3.05, 3.63) is 77.9 Å². The maximum atomic E-state index is 14.2. The molecule has 2 aromatic rings. The third-order valence-electron chi connectivity index (χ3n) is 9.88. The minimum Gasteiger partial charge on any atom is -0.497 e. The van der Waals surface area contributed by atoms with Crippen LogP contribution in [0.15, 0.2) is 66.7 Å². The quantitative estimate of drug-likeness (QED) is 0.217. The molecule has 2 aliphatic heterocycles. The third kappa shape index (κ3) is 8.63. The number of hydrogen-bond acceptors (Lipinski definition) is 9. The molecule has 2 heterocycles. The molecule has 0 spiro atoms. The zero-order valence-corrected chi connectivity index (χ0v) is 29.3. The highest BCUT2D eigenvalue weighted by Gasteiger charge is 2.60. The van der Waals surface area contributed by atoms with E-state index in [1.54, 1.807) is 42.5 Å². The molecule has 0 N–H and O–H groups in total. The van der Waals surface area contributed by atoms with Gasteiger partial charge in [-0.05, 0) is 49.4 Å². The first-order valence-electron chi connectivity index (χ1n) is 16.7. The van der Waals surface area contributed by atoms with Gasteiger partial charge in [0.25, 0.3) is 0 Å². The molecule has 2 bridgehead atoms. The van der Waals surface area contributed by atoms with Gasteiger partial charge in [0.2, 0.25) is 5.79 Å². The van der Waals surface area contributed by atoms with Crippen LogP contribution in [-0.2, 0) is 44.6 Å². The lowest BCUT2D eigenvalue weighted by molar-refractivity contribution is -0.373. The van der Waals surface area contributed by atoms with Gasteiger partial charge in [-0.15, -0.1) is 0 Å². The molecular formula is C38H54O9. The normalized spacial score (nSPS) is 34.7. The molecule has 1 unspecified atom stereocenters. The first kappa shape index (κ1) is 37.0. The fourth-order valence-electron chi connectivity index (χ4n) is 7.01. The van der Waals surface area contributed by atoms with Gasteiger partial charge in [0.15, 0.2) is 0 Å². The zero-order chi connectivity index (χ0) is 34.0. The summed E-state index contributed by atoms with van der Waals surface area (Å²) in [6, 6.07) is 17.6. The molecule has 0 amide bonds. The number of ether oxygens (including phenoxy) is 8. The largest absolute Gasteiger partial charge is 0.497 e. The summed E-state index contributed by atoms with van der Waals surface area (Å²) in [5, 5.41) is 0. The highest BCUT2D eigenvalue weighted by atomic mass is 16.7. The number of carbonyl (C=O) groups excluding carboxylic acids is 1. The van der Waals surface area contributed by atoms with Gasteiger partial charge in [-0.25, -0.2) is 0 Å². The van der Waals surface area contributed by atoms with Gasteiger partial charge in [0.05, 0.1) is 32.0 Å². The Kier molecular flexibility index (Phi) is 13.8. The molecule has 47 heavy (non-hydrogen) atoms. The van der Waals surface area contributed by atoms with Crippen LogP contribution in [-0.4, -0.2) is 77.8 Å². The number of fused-ring (bicyclic) bond motifs is 2. The van der Waals surface area contributed by atoms with Crippen molar-refractivity contribution in [3.8, 4) is 5.75 Å². The molecule has 9 heteroatoms. The maximum absolute atomic E-state index is 14.2. The van der Waals surface area contributed by atoms with E-state index in [1.165, 1.54) is 0 Å². The van der Waals surface area contributed by atoms with Crippen LogP contribution in [0.3, 0.4) is 0 Å². The predicted octanol–water partition coefficient (Wildman–Crippen LogP) is 6.69. The monoisotopic (exact) mass is 654 g/mol. The smallest absolute Gasteiger partial charge is 0.314 e. The average molecular weight is 655 g/mol. The van der Waals surface area contributed by atoms with E-state index in [2.05, 4.69) is 26.0 Å². The summed E-state index contributed by atoms with van der Waals surface area (Å²) in [4.78, 5) is 14.2. The van der Waals surface area contributed by atoms with Crippen LogP contribution in [0.4, 0.5) is 0 Å². The Hall–Kier alpha value is -2.79. The van der Waals surface area contributed by atoms with Crippen LogP contribution in [0.5, 0.6) is 5.75 Å². The number of rotatable bonds is 9. The maximum Gasteiger partial charge on any atom is 0.314 e. The summed E-state index contributed by atoms with van der Waals surface area (Å²) < 4.78 is 49.5. The molecule has 0 aliphatic carbocycles. The number of cyclic esters (lactones) is 1.